The van der Waals surface area contributed by atoms with E-state index >= 15 is 0 Å². The van der Waals surface area contributed by atoms with Gasteiger partial charge in [0.05, 0.1) is 12.8 Å². The molecule has 0 saturated heterocycles. The van der Waals surface area contributed by atoms with Crippen LogP contribution in [0.25, 0.3) is 0 Å². The molecule has 0 aliphatic rings. The summed E-state index contributed by atoms with van der Waals surface area (Å²) in [5, 5.41) is 3.23. The SMILES string of the molecule is Cc1cc(Cl)cc(C)c1OCC(=O)O[C@@H](C)C(=O)NCc1ccco1. The minimum absolute atomic E-state index is 0.230. The fraction of sp³-hybridized carbons (Fsp3) is 0.333. The van der Waals surface area contributed by atoms with Gasteiger partial charge in [-0.3, -0.25) is 4.79 Å². The number of esters is 1. The molecule has 0 fully saturated rings. The second-order valence-corrected chi connectivity index (χ2v) is 6.02. The smallest absolute Gasteiger partial charge is 0.344 e. The molecule has 0 aliphatic heterocycles. The average molecular weight is 366 g/mol. The fourth-order valence-electron chi connectivity index (χ4n) is 2.27. The van der Waals surface area contributed by atoms with Crippen LogP contribution in [0.3, 0.4) is 0 Å². The van der Waals surface area contributed by atoms with E-state index in [0.29, 0.717) is 16.5 Å². The fourth-order valence-corrected chi connectivity index (χ4v) is 2.60. The van der Waals surface area contributed by atoms with Crippen LogP contribution in [0.4, 0.5) is 0 Å². The van der Waals surface area contributed by atoms with E-state index in [0.717, 1.165) is 11.1 Å². The highest BCUT2D eigenvalue weighted by Gasteiger charge is 2.18. The maximum Gasteiger partial charge on any atom is 0.344 e. The number of nitrogens with one attached hydrogen (secondary N) is 1. The monoisotopic (exact) mass is 365 g/mol. The molecule has 1 heterocycles. The number of rotatable bonds is 7. The lowest BCUT2D eigenvalue weighted by Gasteiger charge is -2.15. The highest BCUT2D eigenvalue weighted by molar-refractivity contribution is 6.30. The predicted molar refractivity (Wildman–Crippen MR) is 92.5 cm³/mol. The van der Waals surface area contributed by atoms with E-state index in [4.69, 9.17) is 25.5 Å². The molecular formula is C18H20ClNO5. The van der Waals surface area contributed by atoms with Crippen molar-refractivity contribution in [3.8, 4) is 5.75 Å². The Kier molecular flexibility index (Phi) is 6.47. The Morgan fingerprint density at radius 2 is 1.96 bits per heavy atom. The van der Waals surface area contributed by atoms with Crippen LogP contribution in [-0.2, 0) is 20.9 Å². The number of carbonyl (C=O) groups excluding carboxylic acids is 2. The van der Waals surface area contributed by atoms with E-state index in [9.17, 15) is 9.59 Å². The lowest BCUT2D eigenvalue weighted by Crippen LogP contribution is -2.36. The predicted octanol–water partition coefficient (Wildman–Crippen LogP) is 3.18. The van der Waals surface area contributed by atoms with Crippen LogP contribution >= 0.6 is 11.6 Å². The van der Waals surface area contributed by atoms with Crippen LogP contribution in [0, 0.1) is 13.8 Å². The molecule has 0 saturated carbocycles. The zero-order chi connectivity index (χ0) is 18.4. The topological polar surface area (TPSA) is 77.8 Å². The largest absolute Gasteiger partial charge is 0.481 e. The molecule has 0 radical (unpaired) electrons. The Balaban J connectivity index is 1.80. The first-order chi connectivity index (χ1) is 11.9. The van der Waals surface area contributed by atoms with Crippen LogP contribution in [0.5, 0.6) is 5.75 Å². The Morgan fingerprint density at radius 1 is 1.28 bits per heavy atom. The summed E-state index contributed by atoms with van der Waals surface area (Å²) in [4.78, 5) is 23.8. The highest BCUT2D eigenvalue weighted by atomic mass is 35.5. The molecule has 0 unspecified atom stereocenters. The normalized spacial score (nSPS) is 11.7. The number of ether oxygens (including phenoxy) is 2. The molecule has 7 heteroatoms. The lowest BCUT2D eigenvalue weighted by molar-refractivity contribution is -0.156. The van der Waals surface area contributed by atoms with Crippen molar-refractivity contribution in [3.63, 3.8) is 0 Å². The summed E-state index contributed by atoms with van der Waals surface area (Å²) in [7, 11) is 0. The summed E-state index contributed by atoms with van der Waals surface area (Å²) >= 11 is 5.96. The summed E-state index contributed by atoms with van der Waals surface area (Å²) in [6, 6.07) is 6.96. The molecule has 2 rings (SSSR count). The molecule has 1 aromatic heterocycles. The van der Waals surface area contributed by atoms with Gasteiger partial charge in [-0.15, -0.1) is 0 Å². The van der Waals surface area contributed by atoms with Crippen LogP contribution in [0.15, 0.2) is 34.9 Å². The van der Waals surface area contributed by atoms with Crippen molar-refractivity contribution in [3.05, 3.63) is 52.4 Å². The van der Waals surface area contributed by atoms with Gasteiger partial charge in [0.25, 0.3) is 5.91 Å². The molecule has 25 heavy (non-hydrogen) atoms. The first kappa shape index (κ1) is 18.9. The van der Waals surface area contributed by atoms with Gasteiger partial charge in [-0.2, -0.15) is 0 Å². The second kappa shape index (κ2) is 8.58. The third kappa shape index (κ3) is 5.53. The first-order valence-corrected chi connectivity index (χ1v) is 8.13. The van der Waals surface area contributed by atoms with Gasteiger partial charge in [-0.1, -0.05) is 11.6 Å². The van der Waals surface area contributed by atoms with E-state index < -0.39 is 18.0 Å². The van der Waals surface area contributed by atoms with Gasteiger partial charge in [0.15, 0.2) is 12.7 Å². The average Bonchev–Trinajstić information content (AvgIpc) is 3.04. The Hall–Kier alpha value is -2.47. The number of halogens is 1. The summed E-state index contributed by atoms with van der Waals surface area (Å²) in [5.41, 5.74) is 1.64. The highest BCUT2D eigenvalue weighted by Crippen LogP contribution is 2.26. The maximum atomic E-state index is 11.9. The van der Waals surface area contributed by atoms with Crippen LogP contribution in [0.2, 0.25) is 5.02 Å². The molecule has 1 amide bonds. The Labute approximate surface area is 151 Å². The van der Waals surface area contributed by atoms with E-state index in [1.54, 1.807) is 24.3 Å². The summed E-state index contributed by atoms with van der Waals surface area (Å²) in [6.07, 6.45) is 0.585. The van der Waals surface area contributed by atoms with Crippen molar-refractivity contribution in [1.29, 1.82) is 0 Å². The van der Waals surface area contributed by atoms with Crippen molar-refractivity contribution in [1.82, 2.24) is 5.32 Å². The summed E-state index contributed by atoms with van der Waals surface area (Å²) in [5.74, 6) is 0.151. The molecule has 0 bridgehead atoms. The number of carbonyl (C=O) groups is 2. The zero-order valence-electron chi connectivity index (χ0n) is 14.3. The quantitative estimate of drug-likeness (QED) is 0.762. The molecule has 0 spiro atoms. The molecule has 6 nitrogen and oxygen atoms in total. The van der Waals surface area contributed by atoms with E-state index in [2.05, 4.69) is 5.32 Å². The third-order valence-corrected chi connectivity index (χ3v) is 3.67. The molecule has 2 aromatic rings. The molecule has 0 aliphatic carbocycles. The van der Waals surface area contributed by atoms with Crippen LogP contribution in [0.1, 0.15) is 23.8 Å². The minimum atomic E-state index is -0.932. The van der Waals surface area contributed by atoms with Crippen molar-refractivity contribution >= 4 is 23.5 Å². The van der Waals surface area contributed by atoms with Crippen molar-refractivity contribution < 1.29 is 23.5 Å². The minimum Gasteiger partial charge on any atom is -0.481 e. The van der Waals surface area contributed by atoms with Gasteiger partial charge in [0.1, 0.15) is 11.5 Å². The van der Waals surface area contributed by atoms with Crippen molar-refractivity contribution in [2.75, 3.05) is 6.61 Å². The van der Waals surface area contributed by atoms with Gasteiger partial charge in [0, 0.05) is 5.02 Å². The van der Waals surface area contributed by atoms with Gasteiger partial charge in [-0.25, -0.2) is 4.79 Å². The molecule has 1 aromatic carbocycles. The van der Waals surface area contributed by atoms with Crippen LogP contribution < -0.4 is 10.1 Å². The van der Waals surface area contributed by atoms with Gasteiger partial charge >= 0.3 is 5.97 Å². The number of amides is 1. The zero-order valence-corrected chi connectivity index (χ0v) is 15.1. The second-order valence-electron chi connectivity index (χ2n) is 5.59. The van der Waals surface area contributed by atoms with E-state index in [1.165, 1.54) is 13.2 Å². The standard InChI is InChI=1S/C18H20ClNO5/c1-11-7-14(19)8-12(2)17(11)24-10-16(21)25-13(3)18(22)20-9-15-5-4-6-23-15/h4-8,13H,9-10H2,1-3H3,(H,20,22)/t13-/m0/s1. The first-order valence-electron chi connectivity index (χ1n) is 7.76. The summed E-state index contributed by atoms with van der Waals surface area (Å²) in [6.45, 7) is 5.11. The summed E-state index contributed by atoms with van der Waals surface area (Å²) < 4.78 is 15.7. The van der Waals surface area contributed by atoms with E-state index in [1.807, 2.05) is 13.8 Å². The Morgan fingerprint density at radius 3 is 2.56 bits per heavy atom. The van der Waals surface area contributed by atoms with E-state index in [-0.39, 0.29) is 13.2 Å². The van der Waals surface area contributed by atoms with Gasteiger partial charge in [-0.05, 0) is 56.2 Å². The number of hydrogen-bond acceptors (Lipinski definition) is 5. The molecular weight excluding hydrogens is 346 g/mol. The number of hydrogen-bond donors (Lipinski definition) is 1. The molecule has 1 atom stereocenters. The number of aryl methyl sites for hydroxylation is 2. The van der Waals surface area contributed by atoms with Gasteiger partial charge in [0.2, 0.25) is 0 Å². The van der Waals surface area contributed by atoms with Gasteiger partial charge < -0.3 is 19.2 Å². The molecule has 134 valence electrons. The maximum absolute atomic E-state index is 11.9. The Bertz CT molecular complexity index is 719. The van der Waals surface area contributed by atoms with Crippen molar-refractivity contribution in [2.24, 2.45) is 0 Å². The number of benzene rings is 1. The van der Waals surface area contributed by atoms with Crippen molar-refractivity contribution in [2.45, 2.75) is 33.4 Å². The van der Waals surface area contributed by atoms with Crippen LogP contribution in [-0.4, -0.2) is 24.6 Å². The molecule has 1 N–H and O–H groups in total. The number of furan rings is 1. The third-order valence-electron chi connectivity index (χ3n) is 3.45. The lowest BCUT2D eigenvalue weighted by atomic mass is 10.1.